The van der Waals surface area contributed by atoms with E-state index >= 15 is 0 Å². The molecule has 0 bridgehead atoms. The summed E-state index contributed by atoms with van der Waals surface area (Å²) in [4.78, 5) is 9.88. The van der Waals surface area contributed by atoms with Gasteiger partial charge in [-0.3, -0.25) is 14.8 Å². The van der Waals surface area contributed by atoms with Crippen molar-refractivity contribution in [3.05, 3.63) is 51.8 Å². The molecule has 118 valence electrons. The van der Waals surface area contributed by atoms with Crippen molar-refractivity contribution in [2.45, 2.75) is 31.8 Å². The van der Waals surface area contributed by atoms with Crippen molar-refractivity contribution in [2.24, 2.45) is 0 Å². The molecule has 0 unspecified atom stereocenters. The van der Waals surface area contributed by atoms with E-state index in [1.807, 2.05) is 6.92 Å². The highest BCUT2D eigenvalue weighted by atomic mass is 32.2. The Kier molecular flexibility index (Phi) is 4.57. The third-order valence-corrected chi connectivity index (χ3v) is 4.62. The number of nitro groups is 1. The lowest BCUT2D eigenvalue weighted by atomic mass is 10.3. The van der Waals surface area contributed by atoms with Crippen molar-refractivity contribution in [3.8, 4) is 0 Å². The summed E-state index contributed by atoms with van der Waals surface area (Å²) in [6.45, 7) is 4.41. The number of nitro benzene ring substituents is 1. The predicted molar refractivity (Wildman–Crippen MR) is 79.8 cm³/mol. The van der Waals surface area contributed by atoms with Crippen molar-refractivity contribution in [2.75, 3.05) is 0 Å². The fourth-order valence-electron chi connectivity index (χ4n) is 1.98. The molecule has 0 amide bonds. The number of nitrogens with zero attached hydrogens (tertiary/aromatic N) is 3. The molecule has 2 aromatic rings. The second-order valence-corrected chi connectivity index (χ2v) is 6.38. The van der Waals surface area contributed by atoms with Gasteiger partial charge in [-0.05, 0) is 19.9 Å². The number of hydrogen-bond acceptors (Lipinski definition) is 5. The first-order valence-electron chi connectivity index (χ1n) is 6.61. The highest BCUT2D eigenvalue weighted by molar-refractivity contribution is 7.89. The first-order chi connectivity index (χ1) is 10.3. The molecule has 0 aliphatic heterocycles. The molecule has 0 fully saturated rings. The van der Waals surface area contributed by atoms with E-state index < -0.39 is 20.6 Å². The average molecular weight is 324 g/mol. The molecule has 0 radical (unpaired) electrons. The van der Waals surface area contributed by atoms with E-state index in [0.29, 0.717) is 12.2 Å². The third kappa shape index (κ3) is 3.31. The van der Waals surface area contributed by atoms with Crippen LogP contribution in [-0.4, -0.2) is 23.1 Å². The van der Waals surface area contributed by atoms with Crippen molar-refractivity contribution in [1.29, 1.82) is 0 Å². The maximum atomic E-state index is 12.3. The molecule has 1 N–H and O–H groups in total. The fourth-order valence-corrected chi connectivity index (χ4v) is 3.16. The first-order valence-corrected chi connectivity index (χ1v) is 8.09. The summed E-state index contributed by atoms with van der Waals surface area (Å²) in [6, 6.07) is 5.24. The van der Waals surface area contributed by atoms with E-state index in [2.05, 4.69) is 9.82 Å². The van der Waals surface area contributed by atoms with Gasteiger partial charge in [-0.15, -0.1) is 0 Å². The smallest absolute Gasteiger partial charge is 0.272 e. The molecular weight excluding hydrogens is 308 g/mol. The molecule has 9 heteroatoms. The number of hydrogen-bond donors (Lipinski definition) is 1. The van der Waals surface area contributed by atoms with Crippen LogP contribution < -0.4 is 4.72 Å². The van der Waals surface area contributed by atoms with E-state index in [0.717, 1.165) is 11.6 Å². The average Bonchev–Trinajstić information content (AvgIpc) is 2.85. The van der Waals surface area contributed by atoms with Gasteiger partial charge in [0.15, 0.2) is 4.90 Å². The Morgan fingerprint density at radius 2 is 2.05 bits per heavy atom. The molecule has 0 atom stereocenters. The minimum Gasteiger partial charge on any atom is -0.272 e. The molecule has 8 nitrogen and oxygen atoms in total. The lowest BCUT2D eigenvalue weighted by molar-refractivity contribution is -0.387. The maximum absolute atomic E-state index is 12.3. The maximum Gasteiger partial charge on any atom is 0.289 e. The first kappa shape index (κ1) is 16.1. The molecule has 2 rings (SSSR count). The number of rotatable bonds is 6. The summed E-state index contributed by atoms with van der Waals surface area (Å²) in [5.74, 6) is 0. The Bertz CT molecular complexity index is 798. The van der Waals surface area contributed by atoms with Gasteiger partial charge < -0.3 is 0 Å². The van der Waals surface area contributed by atoms with Gasteiger partial charge in [-0.1, -0.05) is 12.1 Å². The van der Waals surface area contributed by atoms with Crippen molar-refractivity contribution >= 4 is 15.7 Å². The minimum atomic E-state index is -3.98. The van der Waals surface area contributed by atoms with Crippen LogP contribution in [0.2, 0.25) is 0 Å². The molecule has 0 spiro atoms. The zero-order valence-electron chi connectivity index (χ0n) is 12.2. The normalized spacial score (nSPS) is 11.5. The molecule has 0 aliphatic rings. The Balaban J connectivity index is 2.25. The molecule has 0 aliphatic carbocycles. The van der Waals surface area contributed by atoms with Crippen LogP contribution in [0.15, 0.2) is 35.4 Å². The van der Waals surface area contributed by atoms with Gasteiger partial charge in [-0.2, -0.15) is 5.10 Å². The van der Waals surface area contributed by atoms with Crippen LogP contribution in [0.1, 0.15) is 18.2 Å². The highest BCUT2D eigenvalue weighted by Gasteiger charge is 2.25. The second-order valence-electron chi connectivity index (χ2n) is 4.64. The number of sulfonamides is 1. The molecule has 0 saturated carbocycles. The summed E-state index contributed by atoms with van der Waals surface area (Å²) < 4.78 is 28.6. The summed E-state index contributed by atoms with van der Waals surface area (Å²) in [7, 11) is -3.98. The van der Waals surface area contributed by atoms with Crippen LogP contribution >= 0.6 is 0 Å². The van der Waals surface area contributed by atoms with Gasteiger partial charge >= 0.3 is 0 Å². The van der Waals surface area contributed by atoms with Crippen molar-refractivity contribution < 1.29 is 13.3 Å². The highest BCUT2D eigenvalue weighted by Crippen LogP contribution is 2.22. The van der Waals surface area contributed by atoms with Gasteiger partial charge in [0.05, 0.1) is 10.6 Å². The predicted octanol–water partition coefficient (Wildman–Crippen LogP) is 1.60. The van der Waals surface area contributed by atoms with Crippen LogP contribution in [0.4, 0.5) is 5.69 Å². The van der Waals surface area contributed by atoms with Crippen LogP contribution in [0, 0.1) is 17.0 Å². The summed E-state index contributed by atoms with van der Waals surface area (Å²) >= 11 is 0. The lowest BCUT2D eigenvalue weighted by Gasteiger charge is -2.06. The van der Waals surface area contributed by atoms with E-state index in [-0.39, 0.29) is 11.4 Å². The largest absolute Gasteiger partial charge is 0.289 e. The van der Waals surface area contributed by atoms with E-state index in [4.69, 9.17) is 0 Å². The van der Waals surface area contributed by atoms with Gasteiger partial charge in [0, 0.05) is 30.9 Å². The van der Waals surface area contributed by atoms with E-state index in [1.165, 1.54) is 18.2 Å². The molecule has 0 saturated heterocycles. The molecular formula is C13H16N4O4S. The van der Waals surface area contributed by atoms with Crippen LogP contribution in [0.25, 0.3) is 0 Å². The summed E-state index contributed by atoms with van der Waals surface area (Å²) in [5, 5.41) is 15.2. The number of aryl methyl sites for hydroxylation is 2. The Hall–Kier alpha value is -2.26. The van der Waals surface area contributed by atoms with E-state index in [1.54, 1.807) is 17.8 Å². The topological polar surface area (TPSA) is 107 Å². The Morgan fingerprint density at radius 1 is 1.36 bits per heavy atom. The molecule has 22 heavy (non-hydrogen) atoms. The van der Waals surface area contributed by atoms with Gasteiger partial charge in [0.1, 0.15) is 0 Å². The SMILES string of the molecule is CCn1cc(CNS(=O)(=O)c2ccccc2[N+](=O)[O-])c(C)n1. The monoisotopic (exact) mass is 324 g/mol. The van der Waals surface area contributed by atoms with Crippen LogP contribution in [0.3, 0.4) is 0 Å². The second kappa shape index (κ2) is 6.24. The molecule has 1 aromatic carbocycles. The number of benzene rings is 1. The lowest BCUT2D eigenvalue weighted by Crippen LogP contribution is -2.24. The number of nitrogens with one attached hydrogen (secondary N) is 1. The van der Waals surface area contributed by atoms with Gasteiger partial charge in [0.2, 0.25) is 10.0 Å². The Labute approximate surface area is 128 Å². The fraction of sp³-hybridized carbons (Fsp3) is 0.308. The molecule has 1 aromatic heterocycles. The van der Waals surface area contributed by atoms with Crippen molar-refractivity contribution in [3.63, 3.8) is 0 Å². The van der Waals surface area contributed by atoms with Crippen LogP contribution in [0.5, 0.6) is 0 Å². The minimum absolute atomic E-state index is 0.0280. The number of aromatic nitrogens is 2. The van der Waals surface area contributed by atoms with Crippen molar-refractivity contribution in [1.82, 2.24) is 14.5 Å². The quantitative estimate of drug-likeness (QED) is 0.641. The van der Waals surface area contributed by atoms with Gasteiger partial charge in [-0.25, -0.2) is 13.1 Å². The van der Waals surface area contributed by atoms with Crippen LogP contribution in [-0.2, 0) is 23.1 Å². The number of para-hydroxylation sites is 1. The standard InChI is InChI=1S/C13H16N4O4S/c1-3-16-9-11(10(2)15-16)8-14-22(20,21)13-7-5-4-6-12(13)17(18)19/h4-7,9,14H,3,8H2,1-2H3. The summed E-state index contributed by atoms with van der Waals surface area (Å²) in [6.07, 6.45) is 1.75. The zero-order valence-corrected chi connectivity index (χ0v) is 13.0. The molecule has 1 heterocycles. The zero-order chi connectivity index (χ0) is 16.3. The third-order valence-electron chi connectivity index (χ3n) is 3.18. The van der Waals surface area contributed by atoms with Gasteiger partial charge in [0.25, 0.3) is 5.69 Å². The van der Waals surface area contributed by atoms with E-state index in [9.17, 15) is 18.5 Å². The Morgan fingerprint density at radius 3 is 2.64 bits per heavy atom. The summed E-state index contributed by atoms with van der Waals surface area (Å²) in [5.41, 5.74) is 0.993.